The Hall–Kier alpha value is -1.32. The van der Waals surface area contributed by atoms with Crippen molar-refractivity contribution in [1.82, 2.24) is 0 Å². The number of hydrogen-bond donors (Lipinski definition) is 0. The van der Waals surface area contributed by atoms with Crippen molar-refractivity contribution in [2.45, 2.75) is 19.8 Å². The molecular formula is C10H9F3O. The normalized spacial score (nSPS) is 10.3. The van der Waals surface area contributed by atoms with Gasteiger partial charge in [0.1, 0.15) is 5.78 Å². The summed E-state index contributed by atoms with van der Waals surface area (Å²) in [5.41, 5.74) is 0.0269. The van der Waals surface area contributed by atoms with Gasteiger partial charge in [-0.05, 0) is 25.0 Å². The third kappa shape index (κ3) is 2.34. The molecule has 0 aromatic heterocycles. The Balaban J connectivity index is 2.88. The first-order valence-corrected chi connectivity index (χ1v) is 4.14. The van der Waals surface area contributed by atoms with Crippen LogP contribution >= 0.6 is 0 Å². The first-order valence-electron chi connectivity index (χ1n) is 4.14. The fourth-order valence-electron chi connectivity index (χ4n) is 1.07. The maximum Gasteiger partial charge on any atom is 0.194 e. The highest BCUT2D eigenvalue weighted by Crippen LogP contribution is 2.16. The third-order valence-corrected chi connectivity index (χ3v) is 1.86. The van der Waals surface area contributed by atoms with Crippen LogP contribution in [-0.4, -0.2) is 5.78 Å². The van der Waals surface area contributed by atoms with Gasteiger partial charge < -0.3 is 4.79 Å². The van der Waals surface area contributed by atoms with E-state index in [4.69, 9.17) is 0 Å². The fraction of sp³-hybridized carbons (Fsp3) is 0.300. The molecule has 0 aliphatic heterocycles. The maximum atomic E-state index is 13.0. The molecule has 0 aliphatic carbocycles. The molecule has 14 heavy (non-hydrogen) atoms. The van der Waals surface area contributed by atoms with Gasteiger partial charge in [-0.1, -0.05) is 6.07 Å². The second-order valence-electron chi connectivity index (χ2n) is 3.04. The lowest BCUT2D eigenvalue weighted by atomic mass is 10.1. The predicted octanol–water partition coefficient (Wildman–Crippen LogP) is 2.63. The largest absolute Gasteiger partial charge is 0.300 e. The average Bonchev–Trinajstić information content (AvgIpc) is 2.13. The zero-order chi connectivity index (χ0) is 10.7. The summed E-state index contributed by atoms with van der Waals surface area (Å²) in [5, 5.41) is 0. The molecular weight excluding hydrogens is 193 g/mol. The van der Waals surface area contributed by atoms with Gasteiger partial charge in [0.2, 0.25) is 0 Å². The summed E-state index contributed by atoms with van der Waals surface area (Å²) >= 11 is 0. The number of rotatable bonds is 3. The predicted molar refractivity (Wildman–Crippen MR) is 45.3 cm³/mol. The molecule has 0 amide bonds. The summed E-state index contributed by atoms with van der Waals surface area (Å²) < 4.78 is 38.1. The monoisotopic (exact) mass is 202 g/mol. The number of hydrogen-bond acceptors (Lipinski definition) is 1. The Morgan fingerprint density at radius 1 is 1.21 bits per heavy atom. The van der Waals surface area contributed by atoms with Crippen LogP contribution in [0.1, 0.15) is 18.9 Å². The second-order valence-corrected chi connectivity index (χ2v) is 3.04. The zero-order valence-corrected chi connectivity index (χ0v) is 7.61. The highest BCUT2D eigenvalue weighted by Gasteiger charge is 2.13. The van der Waals surface area contributed by atoms with Crippen molar-refractivity contribution in [1.29, 1.82) is 0 Å². The summed E-state index contributed by atoms with van der Waals surface area (Å²) in [5.74, 6) is -4.01. The summed E-state index contributed by atoms with van der Waals surface area (Å²) in [6.07, 6.45) is 0.223. The molecule has 0 atom stereocenters. The molecule has 0 unspecified atom stereocenters. The molecule has 76 valence electrons. The van der Waals surface area contributed by atoms with Gasteiger partial charge in [0, 0.05) is 6.42 Å². The fourth-order valence-corrected chi connectivity index (χ4v) is 1.07. The van der Waals surface area contributed by atoms with E-state index in [1.807, 2.05) is 0 Å². The van der Waals surface area contributed by atoms with Gasteiger partial charge in [-0.2, -0.15) is 0 Å². The molecule has 0 saturated heterocycles. The number of aryl methyl sites for hydroxylation is 1. The molecule has 0 heterocycles. The van der Waals surface area contributed by atoms with Crippen LogP contribution in [0.25, 0.3) is 0 Å². The lowest BCUT2D eigenvalue weighted by molar-refractivity contribution is -0.116. The third-order valence-electron chi connectivity index (χ3n) is 1.86. The van der Waals surface area contributed by atoms with Crippen LogP contribution in [0.4, 0.5) is 13.2 Å². The van der Waals surface area contributed by atoms with Crippen molar-refractivity contribution in [2.24, 2.45) is 0 Å². The topological polar surface area (TPSA) is 17.1 Å². The van der Waals surface area contributed by atoms with Crippen LogP contribution in [0.2, 0.25) is 0 Å². The molecule has 1 aromatic carbocycles. The molecule has 1 nitrogen and oxygen atoms in total. The van der Waals surface area contributed by atoms with E-state index in [1.165, 1.54) is 6.92 Å². The van der Waals surface area contributed by atoms with Gasteiger partial charge >= 0.3 is 0 Å². The molecule has 1 aromatic rings. The molecule has 0 saturated carbocycles. The minimum Gasteiger partial charge on any atom is -0.300 e. The van der Waals surface area contributed by atoms with E-state index in [0.717, 1.165) is 12.1 Å². The molecule has 0 radical (unpaired) electrons. The summed E-state index contributed by atoms with van der Waals surface area (Å²) in [4.78, 5) is 10.6. The van der Waals surface area contributed by atoms with E-state index in [0.29, 0.717) is 0 Å². The van der Waals surface area contributed by atoms with Crippen LogP contribution in [0, 0.1) is 17.5 Å². The first-order chi connectivity index (χ1) is 6.52. The molecule has 1 rings (SSSR count). The minimum absolute atomic E-state index is 0.0269. The van der Waals surface area contributed by atoms with E-state index in [-0.39, 0.29) is 24.2 Å². The molecule has 4 heteroatoms. The lowest BCUT2D eigenvalue weighted by Crippen LogP contribution is -2.00. The molecule has 0 bridgehead atoms. The first kappa shape index (κ1) is 10.8. The zero-order valence-electron chi connectivity index (χ0n) is 7.61. The van der Waals surface area contributed by atoms with Gasteiger partial charge in [-0.15, -0.1) is 0 Å². The van der Waals surface area contributed by atoms with Crippen molar-refractivity contribution < 1.29 is 18.0 Å². The Morgan fingerprint density at radius 2 is 1.86 bits per heavy atom. The van der Waals surface area contributed by atoms with E-state index in [2.05, 4.69) is 0 Å². The number of benzene rings is 1. The van der Waals surface area contributed by atoms with Gasteiger partial charge in [-0.3, -0.25) is 0 Å². The average molecular weight is 202 g/mol. The van der Waals surface area contributed by atoms with E-state index >= 15 is 0 Å². The van der Waals surface area contributed by atoms with E-state index in [1.54, 1.807) is 0 Å². The lowest BCUT2D eigenvalue weighted by Gasteiger charge is -2.02. The quantitative estimate of drug-likeness (QED) is 0.688. The van der Waals surface area contributed by atoms with Crippen LogP contribution in [-0.2, 0) is 11.2 Å². The number of carbonyl (C=O) groups is 1. The Morgan fingerprint density at radius 3 is 2.43 bits per heavy atom. The number of Topliss-reactive ketones (excluding diaryl/α,β-unsaturated/α-hetero) is 1. The van der Waals surface area contributed by atoms with Crippen LogP contribution in [0.3, 0.4) is 0 Å². The van der Waals surface area contributed by atoms with Gasteiger partial charge in [-0.25, -0.2) is 13.2 Å². The van der Waals surface area contributed by atoms with Crippen LogP contribution in [0.5, 0.6) is 0 Å². The summed E-state index contributed by atoms with van der Waals surface area (Å²) in [7, 11) is 0. The van der Waals surface area contributed by atoms with Crippen LogP contribution < -0.4 is 0 Å². The van der Waals surface area contributed by atoms with E-state index in [9.17, 15) is 18.0 Å². The number of carbonyl (C=O) groups excluding carboxylic acids is 1. The molecule has 0 N–H and O–H groups in total. The van der Waals surface area contributed by atoms with Crippen molar-refractivity contribution in [3.8, 4) is 0 Å². The van der Waals surface area contributed by atoms with Crippen molar-refractivity contribution in [2.75, 3.05) is 0 Å². The summed E-state index contributed by atoms with van der Waals surface area (Å²) in [6, 6.07) is 2.00. The van der Waals surface area contributed by atoms with Crippen LogP contribution in [0.15, 0.2) is 12.1 Å². The van der Waals surface area contributed by atoms with Gasteiger partial charge in [0.25, 0.3) is 0 Å². The minimum atomic E-state index is -1.48. The van der Waals surface area contributed by atoms with Crippen molar-refractivity contribution in [3.63, 3.8) is 0 Å². The summed E-state index contributed by atoms with van der Waals surface area (Å²) in [6.45, 7) is 1.36. The maximum absolute atomic E-state index is 13.0. The highest BCUT2D eigenvalue weighted by molar-refractivity contribution is 5.75. The van der Waals surface area contributed by atoms with Gasteiger partial charge in [0.05, 0.1) is 0 Å². The highest BCUT2D eigenvalue weighted by atomic mass is 19.2. The van der Waals surface area contributed by atoms with Crippen molar-refractivity contribution >= 4 is 5.78 Å². The Labute approximate surface area is 79.5 Å². The van der Waals surface area contributed by atoms with Crippen molar-refractivity contribution in [3.05, 3.63) is 35.1 Å². The Bertz CT molecular complexity index is 361. The van der Waals surface area contributed by atoms with Gasteiger partial charge in [0.15, 0.2) is 17.5 Å². The number of ketones is 1. The molecule has 0 spiro atoms. The Kier molecular flexibility index (Phi) is 3.28. The standard InChI is InChI=1S/C10H9F3O/c1-6(14)2-3-7-4-5-8(11)10(13)9(7)12/h4-5H,2-3H2,1H3. The molecule has 0 aliphatic rings. The smallest absolute Gasteiger partial charge is 0.194 e. The number of halogens is 3. The SMILES string of the molecule is CC(=O)CCc1ccc(F)c(F)c1F. The molecule has 0 fully saturated rings. The second kappa shape index (κ2) is 4.26. The van der Waals surface area contributed by atoms with E-state index < -0.39 is 17.5 Å².